The molecule has 0 bridgehead atoms. The lowest BCUT2D eigenvalue weighted by atomic mass is 10.1. The molecule has 6 nitrogen and oxygen atoms in total. The van der Waals surface area contributed by atoms with Crippen molar-refractivity contribution in [2.24, 2.45) is 0 Å². The zero-order valence-corrected chi connectivity index (χ0v) is 13.3. The van der Waals surface area contributed by atoms with Crippen molar-refractivity contribution in [2.75, 3.05) is 32.0 Å². The highest BCUT2D eigenvalue weighted by atomic mass is 32.2. The Hall–Kier alpha value is -1.31. The van der Waals surface area contributed by atoms with Gasteiger partial charge in [-0.25, -0.2) is 0 Å². The van der Waals surface area contributed by atoms with Gasteiger partial charge < -0.3 is 10.1 Å². The maximum Gasteiger partial charge on any atom is 0.301 e. The lowest BCUT2D eigenvalue weighted by Crippen LogP contribution is -2.49. The fourth-order valence-corrected chi connectivity index (χ4v) is 4.11. The number of piperidine rings is 1. The SMILES string of the molecule is CNCC1CCCCN1S(=O)(=O)Nc1cccc(OC)c1. The fraction of sp³-hybridized carbons (Fsp3) is 0.571. The third-order valence-electron chi connectivity index (χ3n) is 3.64. The standard InChI is InChI=1S/C14H23N3O3S/c1-15-11-13-7-3-4-9-17(13)21(18,19)16-12-6-5-8-14(10-12)20-2/h5-6,8,10,13,15-16H,3-4,7,9,11H2,1-2H3. The summed E-state index contributed by atoms with van der Waals surface area (Å²) in [7, 11) is -0.146. The number of nitrogens with zero attached hydrogens (tertiary/aromatic N) is 1. The fourth-order valence-electron chi connectivity index (χ4n) is 2.62. The summed E-state index contributed by atoms with van der Waals surface area (Å²) in [5.74, 6) is 0.626. The molecular formula is C14H23N3O3S. The highest BCUT2D eigenvalue weighted by Gasteiger charge is 2.31. The summed E-state index contributed by atoms with van der Waals surface area (Å²) in [6.07, 6.45) is 2.86. The molecule has 118 valence electrons. The Balaban J connectivity index is 2.15. The van der Waals surface area contributed by atoms with Gasteiger partial charge in [-0.2, -0.15) is 12.7 Å². The molecule has 1 aliphatic heterocycles. The number of hydrogen-bond donors (Lipinski definition) is 2. The van der Waals surface area contributed by atoms with Gasteiger partial charge in [0.2, 0.25) is 0 Å². The number of ether oxygens (including phenoxy) is 1. The largest absolute Gasteiger partial charge is 0.497 e. The van der Waals surface area contributed by atoms with E-state index in [1.807, 2.05) is 7.05 Å². The molecule has 0 radical (unpaired) electrons. The van der Waals surface area contributed by atoms with Crippen molar-refractivity contribution in [2.45, 2.75) is 25.3 Å². The van der Waals surface area contributed by atoms with E-state index in [0.29, 0.717) is 24.5 Å². The molecule has 0 saturated carbocycles. The van der Waals surface area contributed by atoms with Crippen molar-refractivity contribution >= 4 is 15.9 Å². The van der Waals surface area contributed by atoms with Crippen molar-refractivity contribution < 1.29 is 13.2 Å². The average Bonchev–Trinajstić information content (AvgIpc) is 2.48. The molecule has 1 aromatic carbocycles. The second-order valence-electron chi connectivity index (χ2n) is 5.16. The molecule has 1 heterocycles. The first kappa shape index (κ1) is 16.1. The molecule has 1 unspecified atom stereocenters. The molecule has 1 aliphatic rings. The summed E-state index contributed by atoms with van der Waals surface area (Å²) in [5.41, 5.74) is 0.517. The number of anilines is 1. The minimum Gasteiger partial charge on any atom is -0.497 e. The molecule has 1 saturated heterocycles. The van der Waals surface area contributed by atoms with E-state index in [1.54, 1.807) is 35.7 Å². The summed E-state index contributed by atoms with van der Waals surface area (Å²) < 4.78 is 34.5. The number of benzene rings is 1. The van der Waals surface area contributed by atoms with Crippen LogP contribution in [0.5, 0.6) is 5.75 Å². The van der Waals surface area contributed by atoms with Gasteiger partial charge in [-0.15, -0.1) is 0 Å². The zero-order chi connectivity index (χ0) is 15.3. The van der Waals surface area contributed by atoms with Crippen LogP contribution >= 0.6 is 0 Å². The molecule has 2 N–H and O–H groups in total. The molecule has 21 heavy (non-hydrogen) atoms. The Kier molecular flexibility index (Phi) is 5.44. The van der Waals surface area contributed by atoms with E-state index in [2.05, 4.69) is 10.0 Å². The van der Waals surface area contributed by atoms with Gasteiger partial charge in [0.15, 0.2) is 0 Å². The molecule has 0 amide bonds. The van der Waals surface area contributed by atoms with Gasteiger partial charge in [-0.1, -0.05) is 12.5 Å². The van der Waals surface area contributed by atoms with Gasteiger partial charge in [-0.05, 0) is 32.0 Å². The highest BCUT2D eigenvalue weighted by Crippen LogP contribution is 2.23. The Bertz CT molecular complexity index is 560. The molecule has 0 aliphatic carbocycles. The number of rotatable bonds is 6. The lowest BCUT2D eigenvalue weighted by molar-refractivity contribution is 0.250. The van der Waals surface area contributed by atoms with Gasteiger partial charge in [0.05, 0.1) is 12.8 Å². The quantitative estimate of drug-likeness (QED) is 0.833. The van der Waals surface area contributed by atoms with Crippen LogP contribution in [0.2, 0.25) is 0 Å². The lowest BCUT2D eigenvalue weighted by Gasteiger charge is -2.34. The number of nitrogens with one attached hydrogen (secondary N) is 2. The van der Waals surface area contributed by atoms with Gasteiger partial charge in [-0.3, -0.25) is 4.72 Å². The summed E-state index contributed by atoms with van der Waals surface area (Å²) in [6.45, 7) is 1.23. The van der Waals surface area contributed by atoms with Gasteiger partial charge in [0.25, 0.3) is 0 Å². The molecule has 1 aromatic rings. The van der Waals surface area contributed by atoms with E-state index in [9.17, 15) is 8.42 Å². The van der Waals surface area contributed by atoms with E-state index in [1.165, 1.54) is 0 Å². The smallest absolute Gasteiger partial charge is 0.301 e. The maximum absolute atomic E-state index is 12.6. The zero-order valence-electron chi connectivity index (χ0n) is 12.5. The van der Waals surface area contributed by atoms with Crippen LogP contribution in [0.25, 0.3) is 0 Å². The Morgan fingerprint density at radius 1 is 1.38 bits per heavy atom. The van der Waals surface area contributed by atoms with E-state index < -0.39 is 10.2 Å². The minimum absolute atomic E-state index is 0.00635. The van der Waals surface area contributed by atoms with Gasteiger partial charge >= 0.3 is 10.2 Å². The van der Waals surface area contributed by atoms with Crippen LogP contribution in [-0.4, -0.2) is 46.0 Å². The normalized spacial score (nSPS) is 20.2. The third-order valence-corrected chi connectivity index (χ3v) is 5.23. The van der Waals surface area contributed by atoms with Crippen LogP contribution in [0.1, 0.15) is 19.3 Å². The summed E-state index contributed by atoms with van der Waals surface area (Å²) >= 11 is 0. The van der Waals surface area contributed by atoms with E-state index in [-0.39, 0.29) is 6.04 Å². The molecule has 2 rings (SSSR count). The summed E-state index contributed by atoms with van der Waals surface area (Å²) in [4.78, 5) is 0. The monoisotopic (exact) mass is 313 g/mol. The summed E-state index contributed by atoms with van der Waals surface area (Å²) in [6, 6.07) is 6.94. The van der Waals surface area contributed by atoms with E-state index >= 15 is 0 Å². The first-order valence-corrected chi connectivity index (χ1v) is 8.59. The Labute approximate surface area is 126 Å². The third kappa shape index (κ3) is 4.09. The van der Waals surface area contributed by atoms with Crippen LogP contribution in [0, 0.1) is 0 Å². The topological polar surface area (TPSA) is 70.7 Å². The maximum atomic E-state index is 12.6. The average molecular weight is 313 g/mol. The van der Waals surface area contributed by atoms with Crippen molar-refractivity contribution in [3.63, 3.8) is 0 Å². The first-order chi connectivity index (χ1) is 10.1. The number of likely N-dealkylation sites (N-methyl/N-ethyl adjacent to an activating group) is 1. The van der Waals surface area contributed by atoms with Crippen molar-refractivity contribution in [3.05, 3.63) is 24.3 Å². The number of methoxy groups -OCH3 is 1. The van der Waals surface area contributed by atoms with Crippen LogP contribution in [-0.2, 0) is 10.2 Å². The number of hydrogen-bond acceptors (Lipinski definition) is 4. The van der Waals surface area contributed by atoms with Crippen molar-refractivity contribution in [1.29, 1.82) is 0 Å². The van der Waals surface area contributed by atoms with Crippen LogP contribution in [0.15, 0.2) is 24.3 Å². The van der Waals surface area contributed by atoms with E-state index in [4.69, 9.17) is 4.74 Å². The first-order valence-electron chi connectivity index (χ1n) is 7.15. The summed E-state index contributed by atoms with van der Waals surface area (Å²) in [5, 5.41) is 3.07. The van der Waals surface area contributed by atoms with Crippen LogP contribution in [0.3, 0.4) is 0 Å². The second kappa shape index (κ2) is 7.11. The molecule has 0 aromatic heterocycles. The van der Waals surface area contributed by atoms with Crippen molar-refractivity contribution in [3.8, 4) is 5.75 Å². The van der Waals surface area contributed by atoms with Gasteiger partial charge in [0, 0.05) is 25.2 Å². The molecular weight excluding hydrogens is 290 g/mol. The van der Waals surface area contributed by atoms with Gasteiger partial charge in [0.1, 0.15) is 5.75 Å². The molecule has 1 fully saturated rings. The van der Waals surface area contributed by atoms with Crippen LogP contribution in [0.4, 0.5) is 5.69 Å². The Morgan fingerprint density at radius 3 is 2.90 bits per heavy atom. The molecule has 7 heteroatoms. The highest BCUT2D eigenvalue weighted by molar-refractivity contribution is 7.90. The molecule has 0 spiro atoms. The predicted molar refractivity (Wildman–Crippen MR) is 83.8 cm³/mol. The van der Waals surface area contributed by atoms with Crippen LogP contribution < -0.4 is 14.8 Å². The second-order valence-corrected chi connectivity index (χ2v) is 6.78. The van der Waals surface area contributed by atoms with Crippen molar-refractivity contribution in [1.82, 2.24) is 9.62 Å². The minimum atomic E-state index is -3.54. The van der Waals surface area contributed by atoms with E-state index in [0.717, 1.165) is 19.3 Å². The molecule has 1 atom stereocenters. The Morgan fingerprint density at radius 2 is 2.19 bits per heavy atom. The predicted octanol–water partition coefficient (Wildman–Crippen LogP) is 1.43.